The first-order valence-electron chi connectivity index (χ1n) is 5.29. The van der Waals surface area contributed by atoms with Crippen molar-refractivity contribution in [3.8, 4) is 5.75 Å². The highest BCUT2D eigenvalue weighted by Crippen LogP contribution is 2.24. The van der Waals surface area contributed by atoms with Crippen LogP contribution in [0.2, 0.25) is 0 Å². The maximum Gasteiger partial charge on any atom is 0.119 e. The van der Waals surface area contributed by atoms with Crippen LogP contribution in [0.3, 0.4) is 0 Å². The molecule has 0 radical (unpaired) electrons. The fourth-order valence-corrected chi connectivity index (χ4v) is 2.02. The Morgan fingerprint density at radius 1 is 1.43 bits per heavy atom. The van der Waals surface area contributed by atoms with E-state index >= 15 is 0 Å². The fraction of sp³-hybridized carbons (Fsp3) is 0.500. The third-order valence-electron chi connectivity index (χ3n) is 2.76. The molecule has 0 saturated carbocycles. The number of nitrogens with two attached hydrogens (primary N) is 1. The summed E-state index contributed by atoms with van der Waals surface area (Å²) in [7, 11) is 0. The van der Waals surface area contributed by atoms with Gasteiger partial charge in [-0.05, 0) is 49.4 Å². The van der Waals surface area contributed by atoms with Crippen molar-refractivity contribution in [2.75, 3.05) is 6.61 Å². The van der Waals surface area contributed by atoms with Crippen LogP contribution >= 0.6 is 0 Å². The maximum absolute atomic E-state index is 5.92. The minimum atomic E-state index is 0.348. The van der Waals surface area contributed by atoms with Gasteiger partial charge in [0.25, 0.3) is 0 Å². The molecule has 0 saturated heterocycles. The summed E-state index contributed by atoms with van der Waals surface area (Å²) in [6.45, 7) is 2.74. The summed E-state index contributed by atoms with van der Waals surface area (Å²) in [4.78, 5) is 0. The Balaban J connectivity index is 2.22. The summed E-state index contributed by atoms with van der Waals surface area (Å²) in [5, 5.41) is 0. The number of rotatable bonds is 2. The number of fused-ring (bicyclic) bond motifs is 1. The van der Waals surface area contributed by atoms with Gasteiger partial charge in [0.05, 0.1) is 6.61 Å². The molecule has 76 valence electrons. The lowest BCUT2D eigenvalue weighted by molar-refractivity contribution is 0.339. The first-order valence-corrected chi connectivity index (χ1v) is 5.29. The number of benzene rings is 1. The Bertz CT molecular complexity index is 322. The number of ether oxygens (including phenoxy) is 1. The van der Waals surface area contributed by atoms with Crippen molar-refractivity contribution < 1.29 is 4.74 Å². The van der Waals surface area contributed by atoms with Gasteiger partial charge in [-0.2, -0.15) is 0 Å². The van der Waals surface area contributed by atoms with Crippen LogP contribution in [-0.4, -0.2) is 12.6 Å². The van der Waals surface area contributed by atoms with Gasteiger partial charge in [-0.1, -0.05) is 6.07 Å². The lowest BCUT2D eigenvalue weighted by Crippen LogP contribution is -2.27. The van der Waals surface area contributed by atoms with Crippen LogP contribution in [0.4, 0.5) is 0 Å². The Morgan fingerprint density at radius 2 is 2.29 bits per heavy atom. The zero-order valence-corrected chi connectivity index (χ0v) is 8.62. The van der Waals surface area contributed by atoms with E-state index in [4.69, 9.17) is 10.5 Å². The summed E-state index contributed by atoms with van der Waals surface area (Å²) >= 11 is 0. The van der Waals surface area contributed by atoms with Crippen LogP contribution in [0.1, 0.15) is 24.5 Å². The largest absolute Gasteiger partial charge is 0.494 e. The summed E-state index contributed by atoms with van der Waals surface area (Å²) in [6.07, 6.45) is 3.21. The first-order chi connectivity index (χ1) is 6.79. The Hall–Kier alpha value is -1.02. The van der Waals surface area contributed by atoms with E-state index in [9.17, 15) is 0 Å². The molecule has 2 N–H and O–H groups in total. The van der Waals surface area contributed by atoms with Gasteiger partial charge in [0.2, 0.25) is 0 Å². The van der Waals surface area contributed by atoms with Crippen LogP contribution in [0.15, 0.2) is 18.2 Å². The summed E-state index contributed by atoms with van der Waals surface area (Å²) < 4.78 is 5.47. The third kappa shape index (κ3) is 1.90. The van der Waals surface area contributed by atoms with Crippen LogP contribution in [0.25, 0.3) is 0 Å². The Kier molecular flexibility index (Phi) is 2.73. The highest BCUT2D eigenvalue weighted by Gasteiger charge is 2.15. The van der Waals surface area contributed by atoms with Crippen molar-refractivity contribution in [1.29, 1.82) is 0 Å². The molecule has 2 nitrogen and oxygen atoms in total. The second-order valence-electron chi connectivity index (χ2n) is 3.87. The normalized spacial score (nSPS) is 20.3. The SMILES string of the molecule is CCOc1ccc2c(c1)CC[C@@H](N)C2. The molecule has 0 aromatic heterocycles. The van der Waals surface area contributed by atoms with Gasteiger partial charge in [-0.15, -0.1) is 0 Å². The quantitative estimate of drug-likeness (QED) is 0.775. The van der Waals surface area contributed by atoms with Gasteiger partial charge in [0, 0.05) is 6.04 Å². The molecule has 0 fully saturated rings. The molecule has 1 atom stereocenters. The molecule has 1 aromatic rings. The zero-order chi connectivity index (χ0) is 9.97. The molecular formula is C12H17NO. The molecular weight excluding hydrogens is 174 g/mol. The fourth-order valence-electron chi connectivity index (χ4n) is 2.02. The Labute approximate surface area is 85.1 Å². The summed E-state index contributed by atoms with van der Waals surface area (Å²) in [5.74, 6) is 0.988. The van der Waals surface area contributed by atoms with Crippen LogP contribution in [0, 0.1) is 0 Å². The molecule has 0 bridgehead atoms. The van der Waals surface area contributed by atoms with Gasteiger partial charge < -0.3 is 10.5 Å². The van der Waals surface area contributed by atoms with Gasteiger partial charge in [0.15, 0.2) is 0 Å². The predicted molar refractivity (Wildman–Crippen MR) is 57.6 cm³/mol. The van der Waals surface area contributed by atoms with Crippen molar-refractivity contribution in [2.45, 2.75) is 32.2 Å². The summed E-state index contributed by atoms with van der Waals surface area (Å²) in [6, 6.07) is 6.70. The minimum Gasteiger partial charge on any atom is -0.494 e. The molecule has 1 aromatic carbocycles. The van der Waals surface area contributed by atoms with Crippen molar-refractivity contribution in [2.24, 2.45) is 5.73 Å². The second kappa shape index (κ2) is 4.01. The molecule has 14 heavy (non-hydrogen) atoms. The van der Waals surface area contributed by atoms with Crippen molar-refractivity contribution in [1.82, 2.24) is 0 Å². The van der Waals surface area contributed by atoms with Crippen LogP contribution in [0.5, 0.6) is 5.75 Å². The number of hydrogen-bond donors (Lipinski definition) is 1. The van der Waals surface area contributed by atoms with Crippen LogP contribution < -0.4 is 10.5 Å². The van der Waals surface area contributed by atoms with Crippen molar-refractivity contribution >= 4 is 0 Å². The van der Waals surface area contributed by atoms with Gasteiger partial charge in [0.1, 0.15) is 5.75 Å². The average molecular weight is 191 g/mol. The van der Waals surface area contributed by atoms with Crippen molar-refractivity contribution in [3.05, 3.63) is 29.3 Å². The molecule has 1 aliphatic rings. The van der Waals surface area contributed by atoms with Crippen LogP contribution in [-0.2, 0) is 12.8 Å². The van der Waals surface area contributed by atoms with E-state index in [-0.39, 0.29) is 0 Å². The van der Waals surface area contributed by atoms with E-state index in [2.05, 4.69) is 12.1 Å². The molecule has 1 aliphatic carbocycles. The molecule has 0 spiro atoms. The average Bonchev–Trinajstić information content (AvgIpc) is 2.19. The molecule has 0 amide bonds. The molecule has 0 aliphatic heterocycles. The topological polar surface area (TPSA) is 35.2 Å². The molecule has 0 unspecified atom stereocenters. The maximum atomic E-state index is 5.92. The predicted octanol–water partition coefficient (Wildman–Crippen LogP) is 1.90. The number of aryl methyl sites for hydroxylation is 1. The monoisotopic (exact) mass is 191 g/mol. The van der Waals surface area contributed by atoms with E-state index in [0.717, 1.165) is 31.6 Å². The lowest BCUT2D eigenvalue weighted by atomic mass is 9.89. The van der Waals surface area contributed by atoms with E-state index in [1.165, 1.54) is 11.1 Å². The first kappa shape index (κ1) is 9.53. The summed E-state index contributed by atoms with van der Waals surface area (Å²) in [5.41, 5.74) is 8.73. The molecule has 0 heterocycles. The third-order valence-corrected chi connectivity index (χ3v) is 2.76. The van der Waals surface area contributed by atoms with E-state index in [0.29, 0.717) is 6.04 Å². The van der Waals surface area contributed by atoms with Gasteiger partial charge >= 0.3 is 0 Å². The van der Waals surface area contributed by atoms with Crippen molar-refractivity contribution in [3.63, 3.8) is 0 Å². The Morgan fingerprint density at radius 3 is 3.07 bits per heavy atom. The van der Waals surface area contributed by atoms with Gasteiger partial charge in [-0.25, -0.2) is 0 Å². The highest BCUT2D eigenvalue weighted by molar-refractivity contribution is 5.37. The van der Waals surface area contributed by atoms with E-state index in [1.54, 1.807) is 0 Å². The minimum absolute atomic E-state index is 0.348. The molecule has 2 heteroatoms. The molecule has 2 rings (SSSR count). The van der Waals surface area contributed by atoms with Gasteiger partial charge in [-0.3, -0.25) is 0 Å². The smallest absolute Gasteiger partial charge is 0.119 e. The number of hydrogen-bond acceptors (Lipinski definition) is 2. The lowest BCUT2D eigenvalue weighted by Gasteiger charge is -2.21. The van der Waals surface area contributed by atoms with E-state index in [1.807, 2.05) is 13.0 Å². The zero-order valence-electron chi connectivity index (χ0n) is 8.62. The second-order valence-corrected chi connectivity index (χ2v) is 3.87. The highest BCUT2D eigenvalue weighted by atomic mass is 16.5. The van der Waals surface area contributed by atoms with E-state index < -0.39 is 0 Å². The standard InChI is InChI=1S/C12H17NO/c1-2-14-12-6-4-9-7-11(13)5-3-10(9)8-12/h4,6,8,11H,2-3,5,7,13H2,1H3/t11-/m1/s1.